The van der Waals surface area contributed by atoms with E-state index in [9.17, 15) is 9.59 Å². The molecule has 136 valence electrons. The number of halogens is 1. The Morgan fingerprint density at radius 3 is 2.42 bits per heavy atom. The highest BCUT2D eigenvalue weighted by atomic mass is 35.5. The molecule has 0 bridgehead atoms. The molecule has 0 saturated carbocycles. The summed E-state index contributed by atoms with van der Waals surface area (Å²) in [5.74, 6) is -0.444. The Morgan fingerprint density at radius 1 is 1.15 bits per heavy atom. The van der Waals surface area contributed by atoms with Gasteiger partial charge in [-0.1, -0.05) is 23.7 Å². The number of hydrogen-bond acceptors (Lipinski definition) is 3. The van der Waals surface area contributed by atoms with Crippen molar-refractivity contribution in [2.24, 2.45) is 5.92 Å². The molecule has 1 fully saturated rings. The fraction of sp³-hybridized carbons (Fsp3) is 0.300. The van der Waals surface area contributed by atoms with E-state index in [0.717, 1.165) is 16.9 Å². The molecule has 0 aromatic heterocycles. The maximum atomic E-state index is 12.5. The molecular weight excluding hydrogens is 350 g/mol. The second-order valence-corrected chi connectivity index (χ2v) is 7.17. The number of anilines is 2. The third-order valence-electron chi connectivity index (χ3n) is 4.52. The van der Waals surface area contributed by atoms with Crippen LogP contribution in [0.2, 0.25) is 5.02 Å². The summed E-state index contributed by atoms with van der Waals surface area (Å²) >= 11 is 5.89. The van der Waals surface area contributed by atoms with E-state index in [0.29, 0.717) is 18.1 Å². The smallest absolute Gasteiger partial charge is 0.229 e. The highest BCUT2D eigenvalue weighted by molar-refractivity contribution is 6.30. The highest BCUT2D eigenvalue weighted by Gasteiger charge is 2.34. The van der Waals surface area contributed by atoms with Crippen molar-refractivity contribution >= 4 is 34.8 Å². The maximum absolute atomic E-state index is 12.5. The molecule has 1 atom stereocenters. The minimum atomic E-state index is -0.330. The van der Waals surface area contributed by atoms with Gasteiger partial charge in [-0.3, -0.25) is 9.59 Å². The number of rotatable bonds is 5. The molecule has 2 aromatic carbocycles. The average Bonchev–Trinajstić information content (AvgIpc) is 2.98. The maximum Gasteiger partial charge on any atom is 0.229 e. The molecule has 1 N–H and O–H groups in total. The van der Waals surface area contributed by atoms with Crippen LogP contribution in [0.15, 0.2) is 48.5 Å². The normalized spacial score (nSPS) is 16.7. The first-order valence-corrected chi connectivity index (χ1v) is 8.90. The summed E-state index contributed by atoms with van der Waals surface area (Å²) in [4.78, 5) is 28.5. The van der Waals surface area contributed by atoms with E-state index in [2.05, 4.69) is 5.32 Å². The zero-order valence-electron chi connectivity index (χ0n) is 14.9. The summed E-state index contributed by atoms with van der Waals surface area (Å²) < 4.78 is 0. The Balaban J connectivity index is 1.58. The SMILES string of the molecule is CN(C)c1ccc(NC(=O)C2CC(=O)N(Cc3ccc(Cl)cc3)C2)cc1. The summed E-state index contributed by atoms with van der Waals surface area (Å²) in [5, 5.41) is 3.57. The van der Waals surface area contributed by atoms with Crippen LogP contribution in [-0.2, 0) is 16.1 Å². The fourth-order valence-electron chi connectivity index (χ4n) is 3.00. The lowest BCUT2D eigenvalue weighted by atomic mass is 10.1. The quantitative estimate of drug-likeness (QED) is 0.876. The lowest BCUT2D eigenvalue weighted by Gasteiger charge is -2.17. The van der Waals surface area contributed by atoms with Crippen LogP contribution in [0.4, 0.5) is 11.4 Å². The first kappa shape index (κ1) is 18.3. The largest absolute Gasteiger partial charge is 0.378 e. The lowest BCUT2D eigenvalue weighted by molar-refractivity contribution is -0.128. The van der Waals surface area contributed by atoms with Crippen LogP contribution in [0.25, 0.3) is 0 Å². The van der Waals surface area contributed by atoms with E-state index < -0.39 is 0 Å². The molecule has 0 aliphatic carbocycles. The molecular formula is C20H22ClN3O2. The van der Waals surface area contributed by atoms with E-state index in [1.807, 2.05) is 55.4 Å². The number of hydrogen-bond donors (Lipinski definition) is 1. The molecule has 6 heteroatoms. The van der Waals surface area contributed by atoms with Gasteiger partial charge in [0.15, 0.2) is 0 Å². The van der Waals surface area contributed by atoms with Crippen molar-refractivity contribution in [1.29, 1.82) is 0 Å². The van der Waals surface area contributed by atoms with Gasteiger partial charge < -0.3 is 15.1 Å². The Kier molecular flexibility index (Phi) is 5.47. The molecule has 26 heavy (non-hydrogen) atoms. The van der Waals surface area contributed by atoms with Crippen LogP contribution >= 0.6 is 11.6 Å². The lowest BCUT2D eigenvalue weighted by Crippen LogP contribution is -2.28. The number of carbonyl (C=O) groups is 2. The first-order chi connectivity index (χ1) is 12.4. The van der Waals surface area contributed by atoms with E-state index in [1.54, 1.807) is 17.0 Å². The van der Waals surface area contributed by atoms with Crippen LogP contribution in [0.1, 0.15) is 12.0 Å². The Hall–Kier alpha value is -2.53. The number of likely N-dealkylation sites (tertiary alicyclic amines) is 1. The van der Waals surface area contributed by atoms with Crippen molar-refractivity contribution in [2.45, 2.75) is 13.0 Å². The molecule has 2 amide bonds. The fourth-order valence-corrected chi connectivity index (χ4v) is 3.12. The van der Waals surface area contributed by atoms with Gasteiger partial charge >= 0.3 is 0 Å². The Morgan fingerprint density at radius 2 is 1.81 bits per heavy atom. The van der Waals surface area contributed by atoms with Crippen LogP contribution < -0.4 is 10.2 Å². The van der Waals surface area contributed by atoms with Gasteiger partial charge in [0.05, 0.1) is 5.92 Å². The van der Waals surface area contributed by atoms with Crippen LogP contribution in [0.5, 0.6) is 0 Å². The van der Waals surface area contributed by atoms with E-state index in [-0.39, 0.29) is 24.2 Å². The van der Waals surface area contributed by atoms with E-state index in [1.165, 1.54) is 0 Å². The molecule has 1 aliphatic heterocycles. The number of carbonyl (C=O) groups excluding carboxylic acids is 2. The first-order valence-electron chi connectivity index (χ1n) is 8.53. The van der Waals surface area contributed by atoms with Gasteiger partial charge in [0.25, 0.3) is 0 Å². The van der Waals surface area contributed by atoms with Crippen LogP contribution in [0.3, 0.4) is 0 Å². The number of amides is 2. The molecule has 1 saturated heterocycles. The third kappa shape index (κ3) is 4.35. The van der Waals surface area contributed by atoms with Gasteiger partial charge in [0.2, 0.25) is 11.8 Å². The van der Waals surface area contributed by atoms with Gasteiger partial charge in [-0.25, -0.2) is 0 Å². The topological polar surface area (TPSA) is 52.7 Å². The van der Waals surface area contributed by atoms with Crippen molar-refractivity contribution in [2.75, 3.05) is 30.9 Å². The van der Waals surface area contributed by atoms with Crippen molar-refractivity contribution in [3.05, 3.63) is 59.1 Å². The van der Waals surface area contributed by atoms with Crippen molar-refractivity contribution < 1.29 is 9.59 Å². The molecule has 2 aromatic rings. The molecule has 0 radical (unpaired) electrons. The summed E-state index contributed by atoms with van der Waals surface area (Å²) in [6.45, 7) is 0.931. The average molecular weight is 372 g/mol. The standard InChI is InChI=1S/C20H22ClN3O2/c1-23(2)18-9-7-17(8-10-18)22-20(26)15-11-19(25)24(13-15)12-14-3-5-16(21)6-4-14/h3-10,15H,11-13H2,1-2H3,(H,22,26). The monoisotopic (exact) mass is 371 g/mol. The molecule has 3 rings (SSSR count). The summed E-state index contributed by atoms with van der Waals surface area (Å²) in [6.07, 6.45) is 0.245. The molecule has 1 heterocycles. The Labute approximate surface area is 158 Å². The summed E-state index contributed by atoms with van der Waals surface area (Å²) in [6, 6.07) is 15.0. The minimum Gasteiger partial charge on any atom is -0.378 e. The van der Waals surface area contributed by atoms with E-state index >= 15 is 0 Å². The van der Waals surface area contributed by atoms with Gasteiger partial charge in [-0.15, -0.1) is 0 Å². The Bertz CT molecular complexity index is 788. The second-order valence-electron chi connectivity index (χ2n) is 6.73. The number of nitrogens with one attached hydrogen (secondary N) is 1. The van der Waals surface area contributed by atoms with Gasteiger partial charge in [-0.05, 0) is 42.0 Å². The van der Waals surface area contributed by atoms with Crippen LogP contribution in [-0.4, -0.2) is 37.4 Å². The minimum absolute atomic E-state index is 0.00283. The molecule has 0 spiro atoms. The second kappa shape index (κ2) is 7.79. The zero-order valence-corrected chi connectivity index (χ0v) is 15.7. The predicted molar refractivity (Wildman–Crippen MR) is 104 cm³/mol. The molecule has 1 aliphatic rings. The predicted octanol–water partition coefficient (Wildman–Crippen LogP) is 3.39. The van der Waals surface area contributed by atoms with Crippen molar-refractivity contribution in [1.82, 2.24) is 4.90 Å². The highest BCUT2D eigenvalue weighted by Crippen LogP contribution is 2.23. The van der Waals surface area contributed by atoms with E-state index in [4.69, 9.17) is 11.6 Å². The third-order valence-corrected chi connectivity index (χ3v) is 4.78. The summed E-state index contributed by atoms with van der Waals surface area (Å²) in [7, 11) is 3.93. The zero-order chi connectivity index (χ0) is 18.7. The summed E-state index contributed by atoms with van der Waals surface area (Å²) in [5.41, 5.74) is 2.81. The van der Waals surface area contributed by atoms with Crippen molar-refractivity contribution in [3.63, 3.8) is 0 Å². The van der Waals surface area contributed by atoms with Crippen molar-refractivity contribution in [3.8, 4) is 0 Å². The van der Waals surface area contributed by atoms with Gasteiger partial charge in [0.1, 0.15) is 0 Å². The van der Waals surface area contributed by atoms with Gasteiger partial charge in [-0.2, -0.15) is 0 Å². The number of nitrogens with zero attached hydrogens (tertiary/aromatic N) is 2. The molecule has 5 nitrogen and oxygen atoms in total. The molecule has 1 unspecified atom stereocenters. The number of benzene rings is 2. The van der Waals surface area contributed by atoms with Gasteiger partial charge in [0, 0.05) is 50.0 Å². The van der Waals surface area contributed by atoms with Crippen LogP contribution in [0, 0.1) is 5.92 Å².